The molecule has 2 aromatic heterocycles. The summed E-state index contributed by atoms with van der Waals surface area (Å²) in [5.74, 6) is -2.42. The van der Waals surface area contributed by atoms with E-state index in [1.165, 1.54) is 19.1 Å². The molecular formula is C44H54MgN4O6-2. The number of hydrogen-bond donors (Lipinski definition) is 1. The number of aromatic nitrogens is 2. The average molecular weight is 759 g/mol. The fraction of sp³-hybridized carbons (Fsp3) is 0.523. The first-order valence-electron chi connectivity index (χ1n) is 19.6. The van der Waals surface area contributed by atoms with Crippen LogP contribution in [0.1, 0.15) is 125 Å². The van der Waals surface area contributed by atoms with Gasteiger partial charge in [-0.25, -0.2) is 0 Å². The van der Waals surface area contributed by atoms with Gasteiger partial charge in [0.2, 0.25) is 0 Å². The number of carbonyl (C=O) groups excluding carboxylic acids is 3. The van der Waals surface area contributed by atoms with Crippen molar-refractivity contribution in [1.82, 2.24) is 9.97 Å². The third-order valence-electron chi connectivity index (χ3n) is 12.0. The average Bonchev–Trinajstić information content (AvgIpc) is 3.87. The molecule has 2 fully saturated rings. The first-order chi connectivity index (χ1) is 25.8. The number of fused-ring (bicyclic) bond motifs is 8. The Hall–Kier alpha value is -3.96. The van der Waals surface area contributed by atoms with Crippen molar-refractivity contribution < 1.29 is 29.0 Å². The van der Waals surface area contributed by atoms with Gasteiger partial charge in [0, 0.05) is 17.2 Å². The summed E-state index contributed by atoms with van der Waals surface area (Å²) in [5, 5.41) is 23.2. The molecule has 2 aromatic rings. The van der Waals surface area contributed by atoms with Crippen LogP contribution in [0.15, 0.2) is 28.7 Å². The Morgan fingerprint density at radius 3 is 2.25 bits per heavy atom. The maximum atomic E-state index is 13.5. The summed E-state index contributed by atoms with van der Waals surface area (Å²) in [7, 11) is 1.31. The van der Waals surface area contributed by atoms with Crippen LogP contribution in [-0.4, -0.2) is 65.6 Å². The monoisotopic (exact) mass is 758 g/mol. The van der Waals surface area contributed by atoms with Crippen LogP contribution in [0.3, 0.4) is 0 Å². The zero-order chi connectivity index (χ0) is 39.0. The molecule has 0 radical (unpaired) electrons. The van der Waals surface area contributed by atoms with Crippen molar-refractivity contribution in [3.63, 3.8) is 0 Å². The van der Waals surface area contributed by atoms with E-state index in [2.05, 4.69) is 34.6 Å². The minimum Gasteiger partial charge on any atom is -0.681 e. The molecule has 0 spiro atoms. The zero-order valence-corrected chi connectivity index (χ0v) is 35.3. The number of hydrogen-bond acceptors (Lipinski definition) is 6. The van der Waals surface area contributed by atoms with Crippen LogP contribution in [-0.2, 0) is 19.1 Å². The molecule has 5 heterocycles. The van der Waals surface area contributed by atoms with Gasteiger partial charge in [0.25, 0.3) is 0 Å². The molecule has 0 aromatic carbocycles. The molecule has 3 aliphatic heterocycles. The van der Waals surface area contributed by atoms with E-state index in [4.69, 9.17) is 30.1 Å². The van der Waals surface area contributed by atoms with Crippen molar-refractivity contribution in [3.05, 3.63) is 83.7 Å². The third kappa shape index (κ3) is 8.01. The van der Waals surface area contributed by atoms with E-state index in [1.807, 2.05) is 38.2 Å². The van der Waals surface area contributed by atoms with Crippen molar-refractivity contribution >= 4 is 70.3 Å². The van der Waals surface area contributed by atoms with Crippen molar-refractivity contribution in [1.29, 1.82) is 0 Å². The standard InChI is InChI=1S/C44H55N4O6.Mg/c1-10-12-13-14-22(3)17-18-54-36(50)16-15-29-24(5)31-19-32-25(6)37(27(8)49)35(46-32)21-30-23(4)28(11-2)34(45-30)20-33-26(7)38-42(48-33)39(41(29)47-31)40(43(38)51)44(52)53-9;/h17,19-21,23-24,28-29,40-41H,10-16,18H2,1-9H3,(H2-,45,46,49,51);/q-3;+2/p-1/b22-17-,31-19-,34-20-;/t23-,24+,28-,29+,40-,41-;/m1./s1. The number of methoxy groups -OCH3 is 1. The summed E-state index contributed by atoms with van der Waals surface area (Å²) in [6.07, 6.45) is 13.7. The molecule has 290 valence electrons. The zero-order valence-electron chi connectivity index (χ0n) is 33.9. The maximum absolute atomic E-state index is 13.5. The predicted octanol–water partition coefficient (Wildman–Crippen LogP) is 7.30. The molecule has 4 aliphatic rings. The normalized spacial score (nSPS) is 26.9. The SMILES string of the molecule is CCCCC/C(C)=C\COC(=O)CC[C@H]1[C@H](C)/C2=C/c3[n-]c(c(C(C)=O)c3C)/C=C3\[N-]/C(=C\c4[n-]c5c(c4C)=C(O)[C@H](C(=O)OC)C=5[C@@H]1[N-]2)[C@H](CC)[C@H]3C.[Mg+2]. The van der Waals surface area contributed by atoms with E-state index in [0.717, 1.165) is 53.9 Å². The fourth-order valence-corrected chi connectivity index (χ4v) is 8.82. The molecular weight excluding hydrogens is 705 g/mol. The number of carbonyl (C=O) groups is 3. The molecule has 0 unspecified atom stereocenters. The van der Waals surface area contributed by atoms with Gasteiger partial charge < -0.3 is 35.2 Å². The molecule has 6 rings (SSSR count). The van der Waals surface area contributed by atoms with Gasteiger partial charge in [0.15, 0.2) is 5.78 Å². The van der Waals surface area contributed by atoms with Crippen molar-refractivity contribution in [3.8, 4) is 0 Å². The van der Waals surface area contributed by atoms with E-state index >= 15 is 0 Å². The molecule has 2 saturated heterocycles. The Morgan fingerprint density at radius 2 is 1.58 bits per heavy atom. The second kappa shape index (κ2) is 17.4. The second-order valence-electron chi connectivity index (χ2n) is 15.5. The summed E-state index contributed by atoms with van der Waals surface area (Å²) in [4.78, 5) is 49.9. The Balaban J connectivity index is 0.00000580. The van der Waals surface area contributed by atoms with Crippen LogP contribution in [0, 0.1) is 43.4 Å². The Bertz CT molecular complexity index is 2100. The third-order valence-corrected chi connectivity index (χ3v) is 12.0. The van der Waals surface area contributed by atoms with E-state index in [0.29, 0.717) is 45.2 Å². The van der Waals surface area contributed by atoms with Gasteiger partial charge in [-0.05, 0) is 76.7 Å². The number of nitrogens with zero attached hydrogens (tertiary/aromatic N) is 4. The van der Waals surface area contributed by atoms with E-state index in [9.17, 15) is 19.5 Å². The number of unbranched alkanes of at least 4 members (excludes halogenated alkanes) is 2. The smallest absolute Gasteiger partial charge is 0.681 e. The maximum Gasteiger partial charge on any atom is 2.00 e. The van der Waals surface area contributed by atoms with Crippen LogP contribution in [0.5, 0.6) is 0 Å². The van der Waals surface area contributed by atoms with Gasteiger partial charge in [0.1, 0.15) is 18.3 Å². The summed E-state index contributed by atoms with van der Waals surface area (Å²) in [6, 6.07) is -0.608. The van der Waals surface area contributed by atoms with Crippen molar-refractivity contribution in [2.45, 2.75) is 106 Å². The largest absolute Gasteiger partial charge is 2.00 e. The molecule has 0 saturated carbocycles. The molecule has 10 nitrogen and oxygen atoms in total. The summed E-state index contributed by atoms with van der Waals surface area (Å²) >= 11 is 0. The Labute approximate surface area is 341 Å². The molecule has 6 atom stereocenters. The molecule has 1 N–H and O–H groups in total. The van der Waals surface area contributed by atoms with Crippen molar-refractivity contribution in [2.24, 2.45) is 29.6 Å². The fourth-order valence-electron chi connectivity index (χ4n) is 8.82. The number of aliphatic hydroxyl groups is 1. The Kier molecular flexibility index (Phi) is 13.4. The summed E-state index contributed by atoms with van der Waals surface area (Å²) in [6.45, 7) is 16.2. The van der Waals surface area contributed by atoms with Gasteiger partial charge >= 0.3 is 35.0 Å². The van der Waals surface area contributed by atoms with Crippen LogP contribution in [0.4, 0.5) is 0 Å². The number of rotatable bonds is 12. The van der Waals surface area contributed by atoms with Gasteiger partial charge in [-0.1, -0.05) is 93.5 Å². The Morgan fingerprint density at radius 1 is 0.891 bits per heavy atom. The van der Waals surface area contributed by atoms with Gasteiger partial charge in [0.05, 0.1) is 7.11 Å². The molecule has 0 amide bonds. The van der Waals surface area contributed by atoms with Gasteiger partial charge in [-0.15, -0.1) is 22.4 Å². The number of Topliss-reactive ketones (excluding diaryl/α,β-unsaturated/α-hetero) is 1. The molecule has 55 heavy (non-hydrogen) atoms. The molecule has 1 aliphatic carbocycles. The number of ether oxygens (including phenoxy) is 2. The number of allylic oxidation sites excluding steroid dienone is 4. The topological polar surface area (TPSA) is 146 Å². The summed E-state index contributed by atoms with van der Waals surface area (Å²) in [5.41, 5.74) is 8.16. The minimum atomic E-state index is -1.09. The van der Waals surface area contributed by atoms with Crippen molar-refractivity contribution in [2.75, 3.05) is 13.7 Å². The summed E-state index contributed by atoms with van der Waals surface area (Å²) < 4.78 is 10.9. The number of esters is 2. The van der Waals surface area contributed by atoms with E-state index < -0.39 is 17.9 Å². The quantitative estimate of drug-likeness (QED) is 0.0780. The van der Waals surface area contributed by atoms with E-state index in [1.54, 1.807) is 6.92 Å². The van der Waals surface area contributed by atoms with Gasteiger partial charge in [-0.2, -0.15) is 17.1 Å². The number of aliphatic hydroxyl groups excluding tert-OH is 1. The second-order valence-corrected chi connectivity index (χ2v) is 15.5. The van der Waals surface area contributed by atoms with Crippen LogP contribution in [0.25, 0.3) is 40.2 Å². The minimum absolute atomic E-state index is 0. The van der Waals surface area contributed by atoms with Crippen LogP contribution < -0.4 is 20.5 Å². The predicted molar refractivity (Wildman–Crippen MR) is 217 cm³/mol. The van der Waals surface area contributed by atoms with Crippen LogP contribution in [0.2, 0.25) is 0 Å². The van der Waals surface area contributed by atoms with E-state index in [-0.39, 0.29) is 77.3 Å². The first kappa shape index (κ1) is 42.2. The molecule has 8 bridgehead atoms. The van der Waals surface area contributed by atoms with Crippen LogP contribution >= 0.6 is 0 Å². The van der Waals surface area contributed by atoms with Gasteiger partial charge in [-0.3, -0.25) is 14.4 Å². The molecule has 11 heteroatoms. The number of ketones is 1. The first-order valence-corrected chi connectivity index (χ1v) is 19.6.